The topological polar surface area (TPSA) is 34.0 Å². The first kappa shape index (κ1) is 15.8. The second-order valence-corrected chi connectivity index (χ2v) is 6.85. The van der Waals surface area contributed by atoms with Crippen LogP contribution in [0.5, 0.6) is 0 Å². The molecule has 1 saturated carbocycles. The van der Waals surface area contributed by atoms with Crippen molar-refractivity contribution in [2.75, 3.05) is 18.1 Å². The van der Waals surface area contributed by atoms with Gasteiger partial charge in [0.1, 0.15) is 12.2 Å². The number of hydrogen-bond donors (Lipinski definition) is 0. The molecule has 4 nitrogen and oxygen atoms in total. The maximum absolute atomic E-state index is 4.45. The molecule has 1 aromatic heterocycles. The van der Waals surface area contributed by atoms with Gasteiger partial charge in [0.05, 0.1) is 6.54 Å². The van der Waals surface area contributed by atoms with Crippen LogP contribution in [-0.2, 0) is 13.1 Å². The molecule has 1 aliphatic carbocycles. The summed E-state index contributed by atoms with van der Waals surface area (Å²) in [6.07, 6.45) is 8.61. The first-order valence-corrected chi connectivity index (χ1v) is 9.19. The van der Waals surface area contributed by atoms with Crippen molar-refractivity contribution in [3.63, 3.8) is 0 Å². The lowest BCUT2D eigenvalue weighted by Gasteiger charge is -2.34. The average molecular weight is 296 g/mol. The SMILES string of the molecule is CCSCCN(Cc1ncnn1CC)C1CCCCC1. The summed E-state index contributed by atoms with van der Waals surface area (Å²) in [5, 5.41) is 4.30. The van der Waals surface area contributed by atoms with Gasteiger partial charge in [-0.2, -0.15) is 16.9 Å². The van der Waals surface area contributed by atoms with Crippen LogP contribution in [0.1, 0.15) is 51.8 Å². The Morgan fingerprint density at radius 3 is 2.80 bits per heavy atom. The van der Waals surface area contributed by atoms with Gasteiger partial charge < -0.3 is 0 Å². The summed E-state index contributed by atoms with van der Waals surface area (Å²) in [4.78, 5) is 7.10. The van der Waals surface area contributed by atoms with Crippen LogP contribution in [0.15, 0.2) is 6.33 Å². The maximum Gasteiger partial charge on any atom is 0.141 e. The van der Waals surface area contributed by atoms with Gasteiger partial charge in [-0.25, -0.2) is 9.67 Å². The van der Waals surface area contributed by atoms with Gasteiger partial charge in [-0.1, -0.05) is 26.2 Å². The van der Waals surface area contributed by atoms with Crippen LogP contribution in [0.2, 0.25) is 0 Å². The number of rotatable bonds is 8. The molecule has 2 rings (SSSR count). The van der Waals surface area contributed by atoms with E-state index in [-0.39, 0.29) is 0 Å². The lowest BCUT2D eigenvalue weighted by atomic mass is 9.94. The Bertz CT molecular complexity index is 374. The number of aromatic nitrogens is 3. The third-order valence-corrected chi connectivity index (χ3v) is 5.04. The van der Waals surface area contributed by atoms with Gasteiger partial charge in [-0.15, -0.1) is 0 Å². The average Bonchev–Trinajstić information content (AvgIpc) is 2.94. The Labute approximate surface area is 127 Å². The molecular formula is C15H28N4S. The van der Waals surface area contributed by atoms with Crippen LogP contribution in [-0.4, -0.2) is 43.8 Å². The fourth-order valence-corrected chi connectivity index (χ4v) is 3.67. The van der Waals surface area contributed by atoms with Gasteiger partial charge in [0.15, 0.2) is 0 Å². The van der Waals surface area contributed by atoms with Crippen molar-refractivity contribution in [1.29, 1.82) is 0 Å². The minimum Gasteiger partial charge on any atom is -0.292 e. The molecular weight excluding hydrogens is 268 g/mol. The molecule has 114 valence electrons. The quantitative estimate of drug-likeness (QED) is 0.690. The van der Waals surface area contributed by atoms with Crippen molar-refractivity contribution in [3.05, 3.63) is 12.2 Å². The van der Waals surface area contributed by atoms with E-state index in [1.165, 1.54) is 50.2 Å². The van der Waals surface area contributed by atoms with Gasteiger partial charge in [0, 0.05) is 24.9 Å². The molecule has 1 aliphatic rings. The highest BCUT2D eigenvalue weighted by Crippen LogP contribution is 2.24. The minimum atomic E-state index is 0.753. The highest BCUT2D eigenvalue weighted by molar-refractivity contribution is 7.99. The minimum absolute atomic E-state index is 0.753. The molecule has 0 radical (unpaired) electrons. The van der Waals surface area contributed by atoms with Crippen molar-refractivity contribution in [3.8, 4) is 0 Å². The number of aryl methyl sites for hydroxylation is 1. The highest BCUT2D eigenvalue weighted by atomic mass is 32.2. The third kappa shape index (κ3) is 4.48. The summed E-state index contributed by atoms with van der Waals surface area (Å²) in [5.41, 5.74) is 0. The van der Waals surface area contributed by atoms with E-state index < -0.39 is 0 Å². The van der Waals surface area contributed by atoms with E-state index in [1.54, 1.807) is 6.33 Å². The largest absolute Gasteiger partial charge is 0.292 e. The summed E-state index contributed by atoms with van der Waals surface area (Å²) in [6, 6.07) is 0.753. The lowest BCUT2D eigenvalue weighted by Crippen LogP contribution is -2.38. The van der Waals surface area contributed by atoms with Gasteiger partial charge in [-0.3, -0.25) is 4.90 Å². The molecule has 0 saturated heterocycles. The number of thioether (sulfide) groups is 1. The van der Waals surface area contributed by atoms with E-state index in [0.29, 0.717) is 0 Å². The Hall–Kier alpha value is -0.550. The number of nitrogens with zero attached hydrogens (tertiary/aromatic N) is 4. The summed E-state index contributed by atoms with van der Waals surface area (Å²) < 4.78 is 2.03. The highest BCUT2D eigenvalue weighted by Gasteiger charge is 2.22. The van der Waals surface area contributed by atoms with E-state index in [4.69, 9.17) is 0 Å². The van der Waals surface area contributed by atoms with E-state index >= 15 is 0 Å². The first-order valence-electron chi connectivity index (χ1n) is 8.03. The summed E-state index contributed by atoms with van der Waals surface area (Å²) in [6.45, 7) is 7.43. The van der Waals surface area contributed by atoms with E-state index in [1.807, 2.05) is 16.4 Å². The normalized spacial score (nSPS) is 16.9. The predicted molar refractivity (Wildman–Crippen MR) is 86.0 cm³/mol. The Balaban J connectivity index is 1.97. The lowest BCUT2D eigenvalue weighted by molar-refractivity contribution is 0.151. The maximum atomic E-state index is 4.45. The van der Waals surface area contributed by atoms with Crippen molar-refractivity contribution < 1.29 is 0 Å². The fourth-order valence-electron chi connectivity index (χ4n) is 3.02. The fraction of sp³-hybridized carbons (Fsp3) is 0.867. The van der Waals surface area contributed by atoms with Crippen LogP contribution in [0.4, 0.5) is 0 Å². The third-order valence-electron chi connectivity index (χ3n) is 4.16. The summed E-state index contributed by atoms with van der Waals surface area (Å²) in [5.74, 6) is 3.57. The van der Waals surface area contributed by atoms with Gasteiger partial charge in [-0.05, 0) is 25.5 Å². The molecule has 20 heavy (non-hydrogen) atoms. The summed E-state index contributed by atoms with van der Waals surface area (Å²) >= 11 is 2.04. The summed E-state index contributed by atoms with van der Waals surface area (Å²) in [7, 11) is 0. The first-order chi connectivity index (χ1) is 9.85. The van der Waals surface area contributed by atoms with Crippen molar-refractivity contribution in [2.45, 2.75) is 65.1 Å². The Kier molecular flexibility index (Phi) is 6.87. The Morgan fingerprint density at radius 1 is 1.30 bits per heavy atom. The molecule has 5 heteroatoms. The van der Waals surface area contributed by atoms with Crippen molar-refractivity contribution in [1.82, 2.24) is 19.7 Å². The van der Waals surface area contributed by atoms with Crippen molar-refractivity contribution >= 4 is 11.8 Å². The second-order valence-electron chi connectivity index (χ2n) is 5.45. The van der Waals surface area contributed by atoms with Gasteiger partial charge in [0.2, 0.25) is 0 Å². The molecule has 0 bridgehead atoms. The van der Waals surface area contributed by atoms with Gasteiger partial charge in [0.25, 0.3) is 0 Å². The zero-order valence-electron chi connectivity index (χ0n) is 12.9. The van der Waals surface area contributed by atoms with Crippen LogP contribution >= 0.6 is 11.8 Å². The molecule has 0 amide bonds. The van der Waals surface area contributed by atoms with E-state index in [2.05, 4.69) is 28.8 Å². The van der Waals surface area contributed by atoms with Gasteiger partial charge >= 0.3 is 0 Å². The van der Waals surface area contributed by atoms with Crippen LogP contribution < -0.4 is 0 Å². The standard InChI is InChI=1S/C15H28N4S/c1-3-19-15(16-13-17-19)12-18(10-11-20-4-2)14-8-6-5-7-9-14/h13-14H,3-12H2,1-2H3. The van der Waals surface area contributed by atoms with Crippen LogP contribution in [0.3, 0.4) is 0 Å². The molecule has 1 heterocycles. The number of hydrogen-bond acceptors (Lipinski definition) is 4. The molecule has 1 fully saturated rings. The molecule has 1 aromatic rings. The van der Waals surface area contributed by atoms with E-state index in [0.717, 1.165) is 25.0 Å². The molecule has 0 spiro atoms. The monoisotopic (exact) mass is 296 g/mol. The molecule has 0 unspecified atom stereocenters. The Morgan fingerprint density at radius 2 is 2.10 bits per heavy atom. The van der Waals surface area contributed by atoms with Crippen LogP contribution in [0, 0.1) is 0 Å². The predicted octanol–water partition coefficient (Wildman–Crippen LogP) is 3.19. The molecule has 0 aliphatic heterocycles. The van der Waals surface area contributed by atoms with Crippen molar-refractivity contribution in [2.24, 2.45) is 0 Å². The van der Waals surface area contributed by atoms with Crippen LogP contribution in [0.25, 0.3) is 0 Å². The zero-order valence-corrected chi connectivity index (χ0v) is 13.7. The molecule has 0 atom stereocenters. The zero-order chi connectivity index (χ0) is 14.2. The molecule has 0 aromatic carbocycles. The van der Waals surface area contributed by atoms with E-state index in [9.17, 15) is 0 Å². The molecule has 0 N–H and O–H groups in total. The smallest absolute Gasteiger partial charge is 0.141 e. The second kappa shape index (κ2) is 8.67.